The monoisotopic (exact) mass is 390 g/mol. The smallest absolute Gasteiger partial charge is 0.243 e. The van der Waals surface area contributed by atoms with Crippen LogP contribution >= 0.6 is 0 Å². The molecule has 146 valence electrons. The van der Waals surface area contributed by atoms with Crippen molar-refractivity contribution in [3.63, 3.8) is 0 Å². The lowest BCUT2D eigenvalue weighted by Crippen LogP contribution is -2.49. The lowest BCUT2D eigenvalue weighted by molar-refractivity contribution is -0.127. The van der Waals surface area contributed by atoms with Crippen LogP contribution in [0.4, 0.5) is 0 Å². The van der Waals surface area contributed by atoms with Crippen molar-refractivity contribution >= 4 is 15.9 Å². The molecule has 0 aliphatic carbocycles. The third-order valence-corrected chi connectivity index (χ3v) is 7.23. The highest BCUT2D eigenvalue weighted by molar-refractivity contribution is 7.89. The number of carbonyl (C=O) groups is 1. The zero-order valence-electron chi connectivity index (χ0n) is 15.3. The molecule has 6 nitrogen and oxygen atoms in total. The minimum absolute atomic E-state index is 0.155. The highest BCUT2D eigenvalue weighted by Gasteiger charge is 2.34. The Hall–Kier alpha value is -1.88. The van der Waals surface area contributed by atoms with Crippen LogP contribution in [-0.4, -0.2) is 51.0 Å². The molecule has 0 radical (unpaired) electrons. The number of amides is 1. The molecular formula is C20H26N2O4S. The predicted molar refractivity (Wildman–Crippen MR) is 102 cm³/mol. The van der Waals surface area contributed by atoms with E-state index in [1.165, 1.54) is 4.31 Å². The van der Waals surface area contributed by atoms with Crippen LogP contribution in [0.2, 0.25) is 0 Å². The average molecular weight is 391 g/mol. The van der Waals surface area contributed by atoms with Gasteiger partial charge in [0.05, 0.1) is 16.9 Å². The molecule has 27 heavy (non-hydrogen) atoms. The maximum atomic E-state index is 12.8. The minimum atomic E-state index is -3.59. The number of ether oxygens (including phenoxy) is 1. The molecule has 3 rings (SSSR count). The Bertz CT molecular complexity index is 782. The summed E-state index contributed by atoms with van der Waals surface area (Å²) in [6, 6.07) is 8.01. The Labute approximate surface area is 161 Å². The number of rotatable bonds is 5. The van der Waals surface area contributed by atoms with Crippen LogP contribution in [0, 0.1) is 24.2 Å². The number of benzene rings is 1. The second kappa shape index (κ2) is 8.87. The summed E-state index contributed by atoms with van der Waals surface area (Å²) in [5.41, 5.74) is 0. The van der Waals surface area contributed by atoms with E-state index in [0.29, 0.717) is 32.6 Å². The Morgan fingerprint density at radius 3 is 2.59 bits per heavy atom. The highest BCUT2D eigenvalue weighted by atomic mass is 32.2. The van der Waals surface area contributed by atoms with Gasteiger partial charge in [-0.2, -0.15) is 4.31 Å². The molecule has 1 aromatic rings. The molecule has 0 bridgehead atoms. The van der Waals surface area contributed by atoms with Gasteiger partial charge in [0.25, 0.3) is 0 Å². The van der Waals surface area contributed by atoms with E-state index < -0.39 is 10.0 Å². The fourth-order valence-electron chi connectivity index (χ4n) is 3.73. The van der Waals surface area contributed by atoms with Gasteiger partial charge in [-0.05, 0) is 43.7 Å². The maximum Gasteiger partial charge on any atom is 0.243 e. The Morgan fingerprint density at radius 2 is 1.93 bits per heavy atom. The topological polar surface area (TPSA) is 75.7 Å². The molecule has 2 heterocycles. The number of nitrogens with zero attached hydrogens (tertiary/aromatic N) is 1. The van der Waals surface area contributed by atoms with Gasteiger partial charge in [-0.25, -0.2) is 8.42 Å². The van der Waals surface area contributed by atoms with Crippen molar-refractivity contribution in [2.24, 2.45) is 11.8 Å². The van der Waals surface area contributed by atoms with Gasteiger partial charge in [0.15, 0.2) is 0 Å². The van der Waals surface area contributed by atoms with Gasteiger partial charge in [-0.3, -0.25) is 4.79 Å². The van der Waals surface area contributed by atoms with Gasteiger partial charge in [0.2, 0.25) is 15.9 Å². The van der Waals surface area contributed by atoms with Crippen LogP contribution in [-0.2, 0) is 19.6 Å². The largest absolute Gasteiger partial charge is 0.381 e. The molecule has 0 unspecified atom stereocenters. The van der Waals surface area contributed by atoms with Gasteiger partial charge in [0.1, 0.15) is 0 Å². The second-order valence-electron chi connectivity index (χ2n) is 7.12. The van der Waals surface area contributed by atoms with E-state index in [0.717, 1.165) is 12.8 Å². The lowest BCUT2D eigenvalue weighted by Gasteiger charge is -2.33. The molecule has 2 aliphatic heterocycles. The minimum Gasteiger partial charge on any atom is -0.381 e. The van der Waals surface area contributed by atoms with Crippen molar-refractivity contribution < 1.29 is 17.9 Å². The molecule has 1 aromatic carbocycles. The Kier molecular flexibility index (Phi) is 6.53. The Morgan fingerprint density at radius 1 is 1.22 bits per heavy atom. The van der Waals surface area contributed by atoms with Crippen molar-refractivity contribution in [3.05, 3.63) is 30.3 Å². The van der Waals surface area contributed by atoms with Crippen LogP contribution in [0.3, 0.4) is 0 Å². The van der Waals surface area contributed by atoms with Crippen LogP contribution in [0.5, 0.6) is 0 Å². The van der Waals surface area contributed by atoms with E-state index in [4.69, 9.17) is 11.2 Å². The van der Waals surface area contributed by atoms with E-state index in [-0.39, 0.29) is 35.2 Å². The number of sulfonamides is 1. The van der Waals surface area contributed by atoms with E-state index >= 15 is 0 Å². The summed E-state index contributed by atoms with van der Waals surface area (Å²) in [6.07, 6.45) is 8.62. The van der Waals surface area contributed by atoms with Gasteiger partial charge in [0, 0.05) is 26.3 Å². The van der Waals surface area contributed by atoms with Gasteiger partial charge >= 0.3 is 0 Å². The van der Waals surface area contributed by atoms with Crippen molar-refractivity contribution in [2.45, 2.75) is 36.6 Å². The zero-order chi connectivity index (χ0) is 19.3. The number of hydrogen-bond acceptors (Lipinski definition) is 4. The third-order valence-electron chi connectivity index (χ3n) is 5.35. The fourth-order valence-corrected chi connectivity index (χ4v) is 5.28. The van der Waals surface area contributed by atoms with E-state index in [9.17, 15) is 13.2 Å². The Balaban J connectivity index is 1.65. The van der Waals surface area contributed by atoms with E-state index in [1.54, 1.807) is 30.3 Å². The van der Waals surface area contributed by atoms with Crippen molar-refractivity contribution in [1.29, 1.82) is 0 Å². The van der Waals surface area contributed by atoms with E-state index in [2.05, 4.69) is 11.2 Å². The quantitative estimate of drug-likeness (QED) is 0.776. The van der Waals surface area contributed by atoms with Crippen LogP contribution < -0.4 is 5.32 Å². The lowest BCUT2D eigenvalue weighted by atomic mass is 9.91. The van der Waals surface area contributed by atoms with E-state index in [1.807, 2.05) is 0 Å². The first-order valence-corrected chi connectivity index (χ1v) is 10.9. The molecule has 2 aliphatic rings. The summed E-state index contributed by atoms with van der Waals surface area (Å²) in [4.78, 5) is 13.0. The molecular weight excluding hydrogens is 364 g/mol. The first-order valence-electron chi connectivity index (χ1n) is 9.42. The molecule has 2 saturated heterocycles. The molecule has 1 N–H and O–H groups in total. The average Bonchev–Trinajstić information content (AvgIpc) is 2.73. The normalized spacial score (nSPS) is 23.3. The SMILES string of the molecule is C#C[C@H](NC(=O)[C@H]1CCCN(S(=O)(=O)c2ccccc2)C1)C1CCOCC1. The second-order valence-corrected chi connectivity index (χ2v) is 9.06. The van der Waals surface area contributed by atoms with Gasteiger partial charge in [-0.15, -0.1) is 6.42 Å². The number of piperidine rings is 1. The molecule has 1 amide bonds. The highest BCUT2D eigenvalue weighted by Crippen LogP contribution is 2.25. The zero-order valence-corrected chi connectivity index (χ0v) is 16.2. The van der Waals surface area contributed by atoms with Crippen molar-refractivity contribution in [3.8, 4) is 12.3 Å². The summed E-state index contributed by atoms with van der Waals surface area (Å²) in [5, 5.41) is 2.97. The summed E-state index contributed by atoms with van der Waals surface area (Å²) in [6.45, 7) is 1.93. The molecule has 0 saturated carbocycles. The third kappa shape index (κ3) is 4.70. The number of carbonyl (C=O) groups excluding carboxylic acids is 1. The number of hydrogen-bond donors (Lipinski definition) is 1. The van der Waals surface area contributed by atoms with Gasteiger partial charge in [-0.1, -0.05) is 24.1 Å². The summed E-state index contributed by atoms with van der Waals surface area (Å²) in [7, 11) is -3.59. The molecule has 2 atom stereocenters. The standard InChI is InChI=1S/C20H26N2O4S/c1-2-19(16-10-13-26-14-11-16)21-20(23)17-7-6-12-22(15-17)27(24,25)18-8-4-3-5-9-18/h1,3-5,8-9,16-17,19H,6-7,10-15H2,(H,21,23)/t17-,19-/m0/s1. The molecule has 2 fully saturated rings. The first kappa shape index (κ1) is 19.9. The number of nitrogens with one attached hydrogen (secondary N) is 1. The molecule has 0 spiro atoms. The predicted octanol–water partition coefficient (Wildman–Crippen LogP) is 1.63. The fraction of sp³-hybridized carbons (Fsp3) is 0.550. The van der Waals surface area contributed by atoms with Gasteiger partial charge < -0.3 is 10.1 Å². The van der Waals surface area contributed by atoms with Crippen LogP contribution in [0.25, 0.3) is 0 Å². The summed E-state index contributed by atoms with van der Waals surface area (Å²) >= 11 is 0. The van der Waals surface area contributed by atoms with Crippen LogP contribution in [0.1, 0.15) is 25.7 Å². The van der Waals surface area contributed by atoms with Crippen LogP contribution in [0.15, 0.2) is 35.2 Å². The number of terminal acetylenes is 1. The summed E-state index contributed by atoms with van der Waals surface area (Å²) in [5.74, 6) is 2.36. The first-order chi connectivity index (χ1) is 13.0. The summed E-state index contributed by atoms with van der Waals surface area (Å²) < 4.78 is 32.4. The van der Waals surface area contributed by atoms with Crippen molar-refractivity contribution in [1.82, 2.24) is 9.62 Å². The molecule has 0 aromatic heterocycles. The molecule has 7 heteroatoms. The van der Waals surface area contributed by atoms with Crippen molar-refractivity contribution in [2.75, 3.05) is 26.3 Å². The maximum absolute atomic E-state index is 12.8.